The summed E-state index contributed by atoms with van der Waals surface area (Å²) >= 11 is 0. The van der Waals surface area contributed by atoms with Gasteiger partial charge in [0.05, 0.1) is 6.54 Å². The van der Waals surface area contributed by atoms with Crippen molar-refractivity contribution in [1.29, 1.82) is 0 Å². The molecule has 1 amide bonds. The van der Waals surface area contributed by atoms with Crippen molar-refractivity contribution in [3.05, 3.63) is 0 Å². The first-order chi connectivity index (χ1) is 8.26. The minimum atomic E-state index is 0.293. The Balaban J connectivity index is 1.75. The van der Waals surface area contributed by atoms with Gasteiger partial charge in [0, 0.05) is 18.6 Å². The SMILES string of the molecule is CCC1(NCC(=O)N2CCCCCC2)CCC1. The van der Waals surface area contributed by atoms with Crippen LogP contribution in [0.25, 0.3) is 0 Å². The number of amides is 1. The molecule has 0 aromatic carbocycles. The molecule has 1 aliphatic heterocycles. The normalized spacial score (nSPS) is 23.9. The van der Waals surface area contributed by atoms with Crippen LogP contribution in [0.4, 0.5) is 0 Å². The molecule has 0 aromatic heterocycles. The molecule has 1 N–H and O–H groups in total. The average Bonchev–Trinajstić information content (AvgIpc) is 2.56. The summed E-state index contributed by atoms with van der Waals surface area (Å²) in [6.45, 7) is 4.72. The highest BCUT2D eigenvalue weighted by Gasteiger charge is 2.35. The molecule has 0 atom stereocenters. The Bertz CT molecular complexity index is 247. The van der Waals surface area contributed by atoms with Gasteiger partial charge in [0.1, 0.15) is 0 Å². The van der Waals surface area contributed by atoms with E-state index in [2.05, 4.69) is 17.1 Å². The molecule has 0 aromatic rings. The van der Waals surface area contributed by atoms with Gasteiger partial charge < -0.3 is 10.2 Å². The van der Waals surface area contributed by atoms with E-state index in [0.29, 0.717) is 18.0 Å². The number of likely N-dealkylation sites (tertiary alicyclic amines) is 1. The van der Waals surface area contributed by atoms with E-state index in [4.69, 9.17) is 0 Å². The molecule has 0 unspecified atom stereocenters. The zero-order chi connectivity index (χ0) is 12.1. The number of nitrogens with zero attached hydrogens (tertiary/aromatic N) is 1. The van der Waals surface area contributed by atoms with Gasteiger partial charge in [0.25, 0.3) is 0 Å². The predicted molar refractivity (Wildman–Crippen MR) is 69.9 cm³/mol. The summed E-state index contributed by atoms with van der Waals surface area (Å²) in [7, 11) is 0. The Morgan fingerprint density at radius 2 is 1.76 bits per heavy atom. The lowest BCUT2D eigenvalue weighted by Gasteiger charge is -2.42. The van der Waals surface area contributed by atoms with Crippen molar-refractivity contribution in [2.24, 2.45) is 0 Å². The summed E-state index contributed by atoms with van der Waals surface area (Å²) in [6.07, 6.45) is 9.91. The van der Waals surface area contributed by atoms with E-state index in [1.54, 1.807) is 0 Å². The van der Waals surface area contributed by atoms with Crippen LogP contribution in [-0.2, 0) is 4.79 Å². The number of carbonyl (C=O) groups excluding carboxylic acids is 1. The van der Waals surface area contributed by atoms with Crippen molar-refractivity contribution >= 4 is 5.91 Å². The van der Waals surface area contributed by atoms with Crippen LogP contribution in [0.15, 0.2) is 0 Å². The summed E-state index contributed by atoms with van der Waals surface area (Å²) < 4.78 is 0. The quantitative estimate of drug-likeness (QED) is 0.815. The number of rotatable bonds is 4. The second-order valence-corrected chi connectivity index (χ2v) is 5.64. The highest BCUT2D eigenvalue weighted by Crippen LogP contribution is 2.34. The van der Waals surface area contributed by atoms with Gasteiger partial charge in [0.15, 0.2) is 0 Å². The molecule has 17 heavy (non-hydrogen) atoms. The first kappa shape index (κ1) is 12.9. The van der Waals surface area contributed by atoms with Crippen molar-refractivity contribution in [1.82, 2.24) is 10.2 Å². The van der Waals surface area contributed by atoms with Gasteiger partial charge in [-0.05, 0) is 38.5 Å². The third-order valence-electron chi connectivity index (χ3n) is 4.56. The minimum absolute atomic E-state index is 0.293. The van der Waals surface area contributed by atoms with E-state index >= 15 is 0 Å². The average molecular weight is 238 g/mol. The molecule has 1 saturated heterocycles. The van der Waals surface area contributed by atoms with E-state index in [1.165, 1.54) is 44.9 Å². The maximum atomic E-state index is 12.1. The molecule has 2 aliphatic rings. The Kier molecular flexibility index (Phi) is 4.43. The smallest absolute Gasteiger partial charge is 0.236 e. The highest BCUT2D eigenvalue weighted by molar-refractivity contribution is 5.78. The van der Waals surface area contributed by atoms with Crippen molar-refractivity contribution in [2.45, 2.75) is 63.8 Å². The molecule has 0 radical (unpaired) electrons. The van der Waals surface area contributed by atoms with Crippen LogP contribution in [-0.4, -0.2) is 36.0 Å². The molecule has 0 spiro atoms. The molecule has 2 rings (SSSR count). The van der Waals surface area contributed by atoms with Gasteiger partial charge in [0.2, 0.25) is 5.91 Å². The molecule has 1 aliphatic carbocycles. The molecule has 1 saturated carbocycles. The summed E-state index contributed by atoms with van der Waals surface area (Å²) in [5.41, 5.74) is 0.293. The minimum Gasteiger partial charge on any atom is -0.342 e. The lowest BCUT2D eigenvalue weighted by Crippen LogP contribution is -2.53. The standard InChI is InChI=1S/C14H26N2O/c1-2-14(8-7-9-14)15-12-13(17)16-10-5-3-4-6-11-16/h15H,2-12H2,1H3. The molecule has 0 bridgehead atoms. The molecule has 3 nitrogen and oxygen atoms in total. The highest BCUT2D eigenvalue weighted by atomic mass is 16.2. The summed E-state index contributed by atoms with van der Waals surface area (Å²) in [4.78, 5) is 14.2. The van der Waals surface area contributed by atoms with Gasteiger partial charge in [-0.25, -0.2) is 0 Å². The van der Waals surface area contributed by atoms with Crippen molar-refractivity contribution < 1.29 is 4.79 Å². The first-order valence-electron chi connectivity index (χ1n) is 7.29. The Morgan fingerprint density at radius 1 is 1.12 bits per heavy atom. The zero-order valence-electron chi connectivity index (χ0n) is 11.1. The second kappa shape index (κ2) is 5.85. The number of hydrogen-bond acceptors (Lipinski definition) is 2. The van der Waals surface area contributed by atoms with Gasteiger partial charge in [-0.1, -0.05) is 19.8 Å². The largest absolute Gasteiger partial charge is 0.342 e. The van der Waals surface area contributed by atoms with Crippen LogP contribution < -0.4 is 5.32 Å². The third kappa shape index (κ3) is 3.21. The van der Waals surface area contributed by atoms with E-state index in [-0.39, 0.29) is 0 Å². The van der Waals surface area contributed by atoms with Crippen molar-refractivity contribution in [3.63, 3.8) is 0 Å². The van der Waals surface area contributed by atoms with Crippen LogP contribution in [0.3, 0.4) is 0 Å². The van der Waals surface area contributed by atoms with Crippen molar-refractivity contribution in [2.75, 3.05) is 19.6 Å². The summed E-state index contributed by atoms with van der Waals surface area (Å²) in [5, 5.41) is 3.51. The number of nitrogens with one attached hydrogen (secondary N) is 1. The summed E-state index contributed by atoms with van der Waals surface area (Å²) in [6, 6.07) is 0. The fraction of sp³-hybridized carbons (Fsp3) is 0.929. The fourth-order valence-electron chi connectivity index (χ4n) is 2.95. The zero-order valence-corrected chi connectivity index (χ0v) is 11.1. The molecule has 98 valence electrons. The van der Waals surface area contributed by atoms with E-state index in [9.17, 15) is 4.79 Å². The fourth-order valence-corrected chi connectivity index (χ4v) is 2.95. The van der Waals surface area contributed by atoms with Gasteiger partial charge in [-0.3, -0.25) is 4.79 Å². The lowest BCUT2D eigenvalue weighted by molar-refractivity contribution is -0.130. The summed E-state index contributed by atoms with van der Waals surface area (Å²) in [5.74, 6) is 0.312. The maximum Gasteiger partial charge on any atom is 0.236 e. The van der Waals surface area contributed by atoms with Gasteiger partial charge in [-0.2, -0.15) is 0 Å². The second-order valence-electron chi connectivity index (χ2n) is 5.64. The topological polar surface area (TPSA) is 32.3 Å². The molecule has 1 heterocycles. The predicted octanol–water partition coefficient (Wildman–Crippen LogP) is 2.31. The maximum absolute atomic E-state index is 12.1. The van der Waals surface area contributed by atoms with E-state index in [0.717, 1.165) is 19.5 Å². The van der Waals surface area contributed by atoms with Gasteiger partial charge >= 0.3 is 0 Å². The monoisotopic (exact) mass is 238 g/mol. The Labute approximate surface area is 105 Å². The van der Waals surface area contributed by atoms with E-state index < -0.39 is 0 Å². The van der Waals surface area contributed by atoms with Crippen LogP contribution in [0, 0.1) is 0 Å². The Morgan fingerprint density at radius 3 is 2.24 bits per heavy atom. The van der Waals surface area contributed by atoms with Gasteiger partial charge in [-0.15, -0.1) is 0 Å². The number of hydrogen-bond donors (Lipinski definition) is 1. The molecular formula is C14H26N2O. The molecule has 3 heteroatoms. The van der Waals surface area contributed by atoms with Crippen LogP contribution in [0.5, 0.6) is 0 Å². The van der Waals surface area contributed by atoms with Crippen molar-refractivity contribution in [3.8, 4) is 0 Å². The van der Waals surface area contributed by atoms with Crippen LogP contribution >= 0.6 is 0 Å². The number of carbonyl (C=O) groups is 1. The molecular weight excluding hydrogens is 212 g/mol. The molecule has 2 fully saturated rings. The lowest BCUT2D eigenvalue weighted by atomic mass is 9.75. The van der Waals surface area contributed by atoms with E-state index in [1.807, 2.05) is 0 Å². The first-order valence-corrected chi connectivity index (χ1v) is 7.29. The van der Waals surface area contributed by atoms with Crippen LogP contribution in [0.2, 0.25) is 0 Å². The Hall–Kier alpha value is -0.570. The van der Waals surface area contributed by atoms with Crippen LogP contribution in [0.1, 0.15) is 58.3 Å². The third-order valence-corrected chi connectivity index (χ3v) is 4.56.